The number of hydrogen-bond acceptors (Lipinski definition) is 5. The molecule has 0 fully saturated rings. The molecule has 3 aromatic rings. The third-order valence-electron chi connectivity index (χ3n) is 4.26. The van der Waals surface area contributed by atoms with Crippen molar-refractivity contribution in [2.45, 2.75) is 33.4 Å². The SMILES string of the molecule is CCOC(=O)c1cc(Cc2ccccc2)sc1NC(=S)NCc1ccnn1CC. The van der Waals surface area contributed by atoms with Crippen LogP contribution in [-0.2, 0) is 24.2 Å². The maximum absolute atomic E-state index is 12.4. The van der Waals surface area contributed by atoms with Gasteiger partial charge in [0.25, 0.3) is 0 Å². The predicted molar refractivity (Wildman–Crippen MR) is 120 cm³/mol. The number of hydrogen-bond donors (Lipinski definition) is 2. The van der Waals surface area contributed by atoms with E-state index in [1.54, 1.807) is 13.1 Å². The summed E-state index contributed by atoms with van der Waals surface area (Å²) in [5.41, 5.74) is 2.73. The Balaban J connectivity index is 1.71. The summed E-state index contributed by atoms with van der Waals surface area (Å²) in [5, 5.41) is 11.7. The maximum Gasteiger partial charge on any atom is 0.341 e. The van der Waals surface area contributed by atoms with Crippen LogP contribution in [0.4, 0.5) is 5.00 Å². The number of thiophene rings is 1. The van der Waals surface area contributed by atoms with Crippen LogP contribution < -0.4 is 10.6 Å². The fourth-order valence-electron chi connectivity index (χ4n) is 2.89. The molecular weight excluding hydrogens is 404 g/mol. The van der Waals surface area contributed by atoms with Crippen molar-refractivity contribution >= 4 is 39.6 Å². The molecule has 0 aliphatic carbocycles. The van der Waals surface area contributed by atoms with Gasteiger partial charge in [-0.1, -0.05) is 30.3 Å². The molecule has 2 aromatic heterocycles. The number of benzene rings is 1. The first-order valence-corrected chi connectivity index (χ1v) is 10.7. The summed E-state index contributed by atoms with van der Waals surface area (Å²) in [6.45, 7) is 5.51. The number of ether oxygens (including phenoxy) is 1. The van der Waals surface area contributed by atoms with Crippen molar-refractivity contribution in [1.29, 1.82) is 0 Å². The van der Waals surface area contributed by atoms with E-state index in [0.29, 0.717) is 28.8 Å². The Labute approximate surface area is 179 Å². The number of nitrogens with one attached hydrogen (secondary N) is 2. The van der Waals surface area contributed by atoms with Gasteiger partial charge in [-0.2, -0.15) is 5.10 Å². The second-order valence-electron chi connectivity index (χ2n) is 6.28. The largest absolute Gasteiger partial charge is 0.462 e. The number of nitrogens with zero attached hydrogens (tertiary/aromatic N) is 2. The molecule has 0 aliphatic heterocycles. The van der Waals surface area contributed by atoms with Crippen LogP contribution in [0.15, 0.2) is 48.7 Å². The summed E-state index contributed by atoms with van der Waals surface area (Å²) < 4.78 is 7.12. The topological polar surface area (TPSA) is 68.2 Å². The van der Waals surface area contributed by atoms with Gasteiger partial charge in [0.2, 0.25) is 0 Å². The Hall–Kier alpha value is -2.71. The molecular formula is C21H24N4O2S2. The average molecular weight is 429 g/mol. The van der Waals surface area contributed by atoms with Crippen LogP contribution in [0.5, 0.6) is 0 Å². The van der Waals surface area contributed by atoms with Crippen molar-refractivity contribution in [2.24, 2.45) is 0 Å². The fourth-order valence-corrected chi connectivity index (χ4v) is 4.21. The van der Waals surface area contributed by atoms with Crippen LogP contribution in [0.3, 0.4) is 0 Å². The van der Waals surface area contributed by atoms with Crippen LogP contribution in [0.1, 0.15) is 40.3 Å². The maximum atomic E-state index is 12.4. The van der Waals surface area contributed by atoms with Crippen LogP contribution >= 0.6 is 23.6 Å². The molecule has 0 bridgehead atoms. The zero-order chi connectivity index (χ0) is 20.6. The van der Waals surface area contributed by atoms with E-state index in [9.17, 15) is 4.79 Å². The Morgan fingerprint density at radius 2 is 2.03 bits per heavy atom. The van der Waals surface area contributed by atoms with Gasteiger partial charge in [0.1, 0.15) is 5.00 Å². The third kappa shape index (κ3) is 5.65. The monoisotopic (exact) mass is 428 g/mol. The molecule has 2 N–H and O–H groups in total. The molecule has 6 nitrogen and oxygen atoms in total. The highest BCUT2D eigenvalue weighted by molar-refractivity contribution is 7.80. The van der Waals surface area contributed by atoms with Gasteiger partial charge in [0.15, 0.2) is 5.11 Å². The van der Waals surface area contributed by atoms with Crippen molar-refractivity contribution in [2.75, 3.05) is 11.9 Å². The van der Waals surface area contributed by atoms with E-state index in [2.05, 4.69) is 27.9 Å². The van der Waals surface area contributed by atoms with Gasteiger partial charge < -0.3 is 15.4 Å². The number of aryl methyl sites for hydroxylation is 1. The highest BCUT2D eigenvalue weighted by Crippen LogP contribution is 2.30. The molecule has 0 radical (unpaired) electrons. The Bertz CT molecular complexity index is 966. The number of esters is 1. The van der Waals surface area contributed by atoms with Gasteiger partial charge in [0.05, 0.1) is 24.4 Å². The third-order valence-corrected chi connectivity index (χ3v) is 5.56. The van der Waals surface area contributed by atoms with Crippen LogP contribution in [0.2, 0.25) is 0 Å². The summed E-state index contributed by atoms with van der Waals surface area (Å²) >= 11 is 6.95. The highest BCUT2D eigenvalue weighted by atomic mass is 32.1. The summed E-state index contributed by atoms with van der Waals surface area (Å²) in [4.78, 5) is 13.5. The molecule has 0 amide bonds. The summed E-state index contributed by atoms with van der Waals surface area (Å²) in [6, 6.07) is 14.0. The van der Waals surface area contributed by atoms with Crippen molar-refractivity contribution in [3.8, 4) is 0 Å². The first kappa shape index (κ1) is 21.0. The molecule has 0 aliphatic rings. The average Bonchev–Trinajstić information content (AvgIpc) is 3.34. The minimum atomic E-state index is -0.350. The van der Waals surface area contributed by atoms with Gasteiger partial charge in [-0.05, 0) is 43.8 Å². The summed E-state index contributed by atoms with van der Waals surface area (Å²) in [7, 11) is 0. The molecule has 152 valence electrons. The second kappa shape index (κ2) is 10.2. The molecule has 0 unspecified atom stereocenters. The Morgan fingerprint density at radius 1 is 1.24 bits per heavy atom. The lowest BCUT2D eigenvalue weighted by Crippen LogP contribution is -2.29. The summed E-state index contributed by atoms with van der Waals surface area (Å²) in [6.07, 6.45) is 2.51. The van der Waals surface area contributed by atoms with Gasteiger partial charge in [0, 0.05) is 24.0 Å². The highest BCUT2D eigenvalue weighted by Gasteiger charge is 2.18. The number of carbonyl (C=O) groups is 1. The summed E-state index contributed by atoms with van der Waals surface area (Å²) in [5.74, 6) is -0.350. The van der Waals surface area contributed by atoms with Gasteiger partial charge in [-0.25, -0.2) is 4.79 Å². The Morgan fingerprint density at radius 3 is 2.76 bits per heavy atom. The minimum Gasteiger partial charge on any atom is -0.462 e. The second-order valence-corrected chi connectivity index (χ2v) is 7.83. The fraction of sp³-hybridized carbons (Fsp3) is 0.286. The smallest absolute Gasteiger partial charge is 0.341 e. The van der Waals surface area contributed by atoms with Crippen LogP contribution in [0, 0.1) is 0 Å². The Kier molecular flexibility index (Phi) is 7.37. The number of thiocarbonyl (C=S) groups is 1. The quantitative estimate of drug-likeness (QED) is 0.414. The molecule has 2 heterocycles. The first-order chi connectivity index (χ1) is 14.1. The molecule has 0 saturated heterocycles. The standard InChI is InChI=1S/C21H24N4O2S2/c1-3-25-16(10-11-23-25)14-22-21(28)24-19-18(20(26)27-4-2)13-17(29-19)12-15-8-6-5-7-9-15/h5-11,13H,3-4,12,14H2,1-2H3,(H2,22,24,28). The lowest BCUT2D eigenvalue weighted by Gasteiger charge is -2.11. The molecule has 0 spiro atoms. The van der Waals surface area contributed by atoms with E-state index < -0.39 is 0 Å². The van der Waals surface area contributed by atoms with E-state index in [0.717, 1.165) is 23.5 Å². The molecule has 8 heteroatoms. The minimum absolute atomic E-state index is 0.325. The first-order valence-electron chi connectivity index (χ1n) is 9.50. The molecule has 3 rings (SSSR count). The van der Waals surface area contributed by atoms with Crippen molar-refractivity contribution < 1.29 is 9.53 Å². The van der Waals surface area contributed by atoms with Crippen molar-refractivity contribution in [3.05, 3.63) is 70.4 Å². The number of anilines is 1. The number of aromatic nitrogens is 2. The zero-order valence-electron chi connectivity index (χ0n) is 16.5. The van der Waals surface area contributed by atoms with Crippen LogP contribution in [-0.4, -0.2) is 27.5 Å². The molecule has 0 atom stereocenters. The lowest BCUT2D eigenvalue weighted by molar-refractivity contribution is 0.0528. The van der Waals surface area contributed by atoms with Crippen molar-refractivity contribution in [3.63, 3.8) is 0 Å². The molecule has 1 aromatic carbocycles. The van der Waals surface area contributed by atoms with Gasteiger partial charge in [-0.15, -0.1) is 11.3 Å². The van der Waals surface area contributed by atoms with E-state index in [1.165, 1.54) is 16.9 Å². The van der Waals surface area contributed by atoms with E-state index in [-0.39, 0.29) is 5.97 Å². The van der Waals surface area contributed by atoms with Gasteiger partial charge in [-0.3, -0.25) is 4.68 Å². The lowest BCUT2D eigenvalue weighted by atomic mass is 10.1. The zero-order valence-corrected chi connectivity index (χ0v) is 18.1. The number of rotatable bonds is 8. The molecule has 29 heavy (non-hydrogen) atoms. The van der Waals surface area contributed by atoms with E-state index in [1.807, 2.05) is 41.9 Å². The van der Waals surface area contributed by atoms with Crippen molar-refractivity contribution in [1.82, 2.24) is 15.1 Å². The van der Waals surface area contributed by atoms with Gasteiger partial charge >= 0.3 is 5.97 Å². The van der Waals surface area contributed by atoms with E-state index in [4.69, 9.17) is 17.0 Å². The molecule has 0 saturated carbocycles. The normalized spacial score (nSPS) is 10.6. The number of carbonyl (C=O) groups excluding carboxylic acids is 1. The van der Waals surface area contributed by atoms with E-state index >= 15 is 0 Å². The van der Waals surface area contributed by atoms with Crippen LogP contribution in [0.25, 0.3) is 0 Å². The predicted octanol–water partition coefficient (Wildman–Crippen LogP) is 4.22.